The molecule has 0 atom stereocenters. The van der Waals surface area contributed by atoms with Crippen LogP contribution in [0.25, 0.3) is 10.1 Å². The number of piperidine rings is 1. The molecule has 2 fully saturated rings. The van der Waals surface area contributed by atoms with Gasteiger partial charge in [-0.3, -0.25) is 0 Å². The van der Waals surface area contributed by atoms with Crippen LogP contribution in [-0.4, -0.2) is 89.9 Å². The molecule has 0 unspecified atom stereocenters. The molecule has 0 saturated carbocycles. The summed E-state index contributed by atoms with van der Waals surface area (Å²) in [6.07, 6.45) is -3.65. The first-order valence-corrected chi connectivity index (χ1v) is 16.0. The van der Waals surface area contributed by atoms with Crippen molar-refractivity contribution in [2.45, 2.75) is 31.5 Å². The summed E-state index contributed by atoms with van der Waals surface area (Å²) in [6, 6.07) is 10.4. The Hall–Kier alpha value is -3.75. The van der Waals surface area contributed by atoms with Crippen molar-refractivity contribution in [2.75, 3.05) is 88.3 Å². The average Bonchev–Trinajstić information content (AvgIpc) is 3.39. The highest BCUT2D eigenvalue weighted by molar-refractivity contribution is 7.20. The van der Waals surface area contributed by atoms with Crippen molar-refractivity contribution in [3.05, 3.63) is 46.6 Å². The molecular formula is C33H37F4N5O3S. The van der Waals surface area contributed by atoms with Gasteiger partial charge in [0.15, 0.2) is 6.61 Å². The van der Waals surface area contributed by atoms with Crippen LogP contribution in [0.5, 0.6) is 5.75 Å². The molecule has 46 heavy (non-hydrogen) atoms. The number of alkyl halides is 3. The number of likely N-dealkylation sites (tertiary alicyclic amines) is 1. The van der Waals surface area contributed by atoms with Gasteiger partial charge in [-0.2, -0.15) is 18.4 Å². The van der Waals surface area contributed by atoms with Crippen LogP contribution in [0.2, 0.25) is 0 Å². The lowest BCUT2D eigenvalue weighted by Gasteiger charge is -2.32. The van der Waals surface area contributed by atoms with E-state index in [2.05, 4.69) is 27.4 Å². The number of anilines is 3. The van der Waals surface area contributed by atoms with E-state index in [9.17, 15) is 13.2 Å². The predicted octanol–water partition coefficient (Wildman–Crippen LogP) is 5.87. The van der Waals surface area contributed by atoms with Crippen LogP contribution in [0.15, 0.2) is 30.3 Å². The minimum absolute atomic E-state index is 0.0196. The molecule has 5 rings (SSSR count). The highest BCUT2D eigenvalue weighted by Gasteiger charge is 2.31. The first-order chi connectivity index (χ1) is 22.3. The lowest BCUT2D eigenvalue weighted by atomic mass is 10.0. The van der Waals surface area contributed by atoms with Crippen LogP contribution >= 0.6 is 11.3 Å². The summed E-state index contributed by atoms with van der Waals surface area (Å²) in [5.41, 5.74) is 1.60. The summed E-state index contributed by atoms with van der Waals surface area (Å²) in [4.78, 5) is 4.54. The summed E-state index contributed by atoms with van der Waals surface area (Å²) in [6.45, 7) is 5.19. The van der Waals surface area contributed by atoms with E-state index in [-0.39, 0.29) is 30.5 Å². The topological polar surface area (TPSA) is 82.0 Å². The predicted molar refractivity (Wildman–Crippen MR) is 172 cm³/mol. The Morgan fingerprint density at radius 2 is 1.89 bits per heavy atom. The van der Waals surface area contributed by atoms with Crippen LogP contribution in [0.3, 0.4) is 0 Å². The summed E-state index contributed by atoms with van der Waals surface area (Å²) in [7, 11) is 1.69. The van der Waals surface area contributed by atoms with Gasteiger partial charge in [0.2, 0.25) is 0 Å². The largest absolute Gasteiger partial charge is 0.477 e. The van der Waals surface area contributed by atoms with Crippen molar-refractivity contribution in [3.8, 4) is 23.7 Å². The van der Waals surface area contributed by atoms with Gasteiger partial charge in [0.05, 0.1) is 59.4 Å². The fourth-order valence-electron chi connectivity index (χ4n) is 5.72. The Kier molecular flexibility index (Phi) is 11.5. The minimum atomic E-state index is -4.41. The Balaban J connectivity index is 1.35. The number of nitriles is 1. The van der Waals surface area contributed by atoms with Crippen LogP contribution in [0, 0.1) is 29.0 Å². The molecule has 2 N–H and O–H groups in total. The number of fused-ring (bicyclic) bond motifs is 1. The molecule has 246 valence electrons. The van der Waals surface area contributed by atoms with E-state index in [1.807, 2.05) is 17.0 Å². The van der Waals surface area contributed by atoms with Crippen LogP contribution in [0.1, 0.15) is 23.3 Å². The van der Waals surface area contributed by atoms with E-state index in [4.69, 9.17) is 19.5 Å². The van der Waals surface area contributed by atoms with Gasteiger partial charge in [0.25, 0.3) is 0 Å². The molecule has 0 aliphatic carbocycles. The lowest BCUT2D eigenvalue weighted by Crippen LogP contribution is -2.40. The quantitative estimate of drug-likeness (QED) is 0.196. The molecule has 13 heteroatoms. The fourth-order valence-corrected chi connectivity index (χ4v) is 6.89. The van der Waals surface area contributed by atoms with Crippen LogP contribution < -0.4 is 20.3 Å². The number of benzene rings is 2. The number of hydrogen-bond acceptors (Lipinski definition) is 9. The number of thiophene rings is 1. The van der Waals surface area contributed by atoms with Gasteiger partial charge in [-0.1, -0.05) is 24.0 Å². The van der Waals surface area contributed by atoms with Gasteiger partial charge in [0.1, 0.15) is 17.6 Å². The standard InChI is InChI=1S/C33H37F4N5O3S/c1-43-17-13-41-11-7-23(8-12-41)40-27-5-2-4-24-25(22-33(35,36)37)31(46-32(24)27)6-3-10-39-28-20-26(34)29(21-30(28)45-16-9-38)42-14-18-44-19-15-42/h2,4-5,20-21,23,39-40H,7-8,10-19,22H2,1H3. The third-order valence-electron chi connectivity index (χ3n) is 8.02. The zero-order valence-corrected chi connectivity index (χ0v) is 26.5. The molecule has 3 heterocycles. The molecule has 2 aromatic carbocycles. The number of hydrogen-bond donors (Lipinski definition) is 2. The van der Waals surface area contributed by atoms with Gasteiger partial charge >= 0.3 is 6.18 Å². The number of nitrogens with zero attached hydrogens (tertiary/aromatic N) is 3. The van der Waals surface area contributed by atoms with E-state index in [0.29, 0.717) is 54.5 Å². The third kappa shape index (κ3) is 8.74. The van der Waals surface area contributed by atoms with Gasteiger partial charge in [-0.05, 0) is 29.9 Å². The first kappa shape index (κ1) is 33.6. The molecule has 2 aliphatic heterocycles. The van der Waals surface area contributed by atoms with E-state index in [1.54, 1.807) is 25.3 Å². The second-order valence-corrected chi connectivity index (χ2v) is 12.2. The number of nitrogens with one attached hydrogen (secondary N) is 2. The number of rotatable bonds is 11. The summed E-state index contributed by atoms with van der Waals surface area (Å²) in [5.74, 6) is 5.67. The Bertz CT molecular complexity index is 1580. The monoisotopic (exact) mass is 659 g/mol. The van der Waals surface area contributed by atoms with Crippen molar-refractivity contribution in [3.63, 3.8) is 0 Å². The molecule has 0 bridgehead atoms. The van der Waals surface area contributed by atoms with Crippen LogP contribution in [-0.2, 0) is 15.9 Å². The first-order valence-electron chi connectivity index (χ1n) is 15.2. The van der Waals surface area contributed by atoms with E-state index in [1.165, 1.54) is 17.4 Å². The van der Waals surface area contributed by atoms with Crippen molar-refractivity contribution in [1.82, 2.24) is 4.90 Å². The van der Waals surface area contributed by atoms with E-state index < -0.39 is 18.4 Å². The van der Waals surface area contributed by atoms with Crippen molar-refractivity contribution in [2.24, 2.45) is 0 Å². The maximum absolute atomic E-state index is 15.1. The molecule has 0 spiro atoms. The normalized spacial score (nSPS) is 16.1. The minimum Gasteiger partial charge on any atom is -0.477 e. The number of morpholine rings is 1. The van der Waals surface area contributed by atoms with Crippen molar-refractivity contribution < 1.29 is 31.8 Å². The number of methoxy groups -OCH3 is 1. The molecule has 0 radical (unpaired) electrons. The zero-order valence-electron chi connectivity index (χ0n) is 25.6. The van der Waals surface area contributed by atoms with E-state index in [0.717, 1.165) is 42.9 Å². The molecule has 2 aliphatic rings. The highest BCUT2D eigenvalue weighted by atomic mass is 32.1. The third-order valence-corrected chi connectivity index (χ3v) is 9.21. The Morgan fingerprint density at radius 1 is 1.11 bits per heavy atom. The molecule has 2 saturated heterocycles. The zero-order chi connectivity index (χ0) is 32.5. The second-order valence-electron chi connectivity index (χ2n) is 11.1. The summed E-state index contributed by atoms with van der Waals surface area (Å²) in [5, 5.41) is 16.2. The SMILES string of the molecule is COCCN1CCC(Nc2cccc3c(CC(F)(F)F)c(C#CCNc4cc(F)c(N5CCOCC5)cc4OCC#N)sc23)CC1. The Morgan fingerprint density at radius 3 is 2.61 bits per heavy atom. The highest BCUT2D eigenvalue weighted by Crippen LogP contribution is 2.39. The van der Waals surface area contributed by atoms with Gasteiger partial charge in [-0.25, -0.2) is 4.39 Å². The number of halogens is 4. The maximum atomic E-state index is 15.1. The number of ether oxygens (including phenoxy) is 3. The second kappa shape index (κ2) is 15.7. The molecule has 0 amide bonds. The molecule has 8 nitrogen and oxygen atoms in total. The Labute approximate surface area is 270 Å². The van der Waals surface area contributed by atoms with Gasteiger partial charge < -0.3 is 34.6 Å². The average molecular weight is 660 g/mol. The fraction of sp³-hybridized carbons (Fsp3) is 0.485. The van der Waals surface area contributed by atoms with Gasteiger partial charge in [-0.15, -0.1) is 11.3 Å². The smallest absolute Gasteiger partial charge is 0.393 e. The molecule has 3 aromatic rings. The summed E-state index contributed by atoms with van der Waals surface area (Å²) >= 11 is 1.24. The summed E-state index contributed by atoms with van der Waals surface area (Å²) < 4.78 is 73.1. The van der Waals surface area contributed by atoms with E-state index >= 15 is 4.39 Å². The molecule has 1 aromatic heterocycles. The molecular weight excluding hydrogens is 622 g/mol. The van der Waals surface area contributed by atoms with Crippen molar-refractivity contribution in [1.29, 1.82) is 5.26 Å². The van der Waals surface area contributed by atoms with Crippen LogP contribution in [0.4, 0.5) is 34.6 Å². The lowest BCUT2D eigenvalue weighted by molar-refractivity contribution is -0.126. The van der Waals surface area contributed by atoms with Crippen molar-refractivity contribution >= 4 is 38.5 Å². The maximum Gasteiger partial charge on any atom is 0.393 e. The van der Waals surface area contributed by atoms with Gasteiger partial charge in [0, 0.05) is 58.0 Å².